The van der Waals surface area contributed by atoms with Crippen molar-refractivity contribution in [3.63, 3.8) is 0 Å². The number of alkyl halides is 3. The molecular weight excluding hydrogens is 407 g/mol. The fourth-order valence-corrected chi connectivity index (χ4v) is 3.59. The molecule has 0 saturated heterocycles. The molecule has 5 rings (SSSR count). The van der Waals surface area contributed by atoms with E-state index in [2.05, 4.69) is 30.5 Å². The van der Waals surface area contributed by atoms with E-state index in [-0.39, 0.29) is 28.2 Å². The van der Waals surface area contributed by atoms with Crippen LogP contribution in [0.3, 0.4) is 0 Å². The second-order valence-corrected chi connectivity index (χ2v) is 6.81. The molecule has 0 radical (unpaired) electrons. The van der Waals surface area contributed by atoms with Gasteiger partial charge < -0.3 is 11.1 Å². The predicted octanol–water partition coefficient (Wildman–Crippen LogP) is 4.91. The number of nitrogens with one attached hydrogen (secondary N) is 2. The van der Waals surface area contributed by atoms with Crippen molar-refractivity contribution in [2.75, 3.05) is 11.1 Å². The zero-order chi connectivity index (χ0) is 21.6. The Bertz CT molecular complexity index is 1410. The summed E-state index contributed by atoms with van der Waals surface area (Å²) in [5, 5.41) is 11.0. The van der Waals surface area contributed by atoms with Crippen molar-refractivity contribution < 1.29 is 13.2 Å². The molecule has 0 atom stereocenters. The number of aromatic nitrogens is 5. The Labute approximate surface area is 173 Å². The van der Waals surface area contributed by atoms with Crippen molar-refractivity contribution in [3.8, 4) is 11.3 Å². The molecule has 0 aliphatic rings. The predicted molar refractivity (Wildman–Crippen MR) is 112 cm³/mol. The van der Waals surface area contributed by atoms with Crippen LogP contribution in [0.1, 0.15) is 5.56 Å². The maximum Gasteiger partial charge on any atom is 0.418 e. The first kappa shape index (κ1) is 18.8. The Morgan fingerprint density at radius 1 is 0.968 bits per heavy atom. The lowest BCUT2D eigenvalue weighted by Crippen LogP contribution is -2.11. The van der Waals surface area contributed by atoms with E-state index in [1.807, 2.05) is 6.07 Å². The summed E-state index contributed by atoms with van der Waals surface area (Å²) in [6.45, 7) is 0. The minimum absolute atomic E-state index is 0.0409. The van der Waals surface area contributed by atoms with Crippen molar-refractivity contribution in [2.45, 2.75) is 6.18 Å². The highest BCUT2D eigenvalue weighted by Crippen LogP contribution is 2.43. The number of nitrogens with two attached hydrogens (primary N) is 1. The summed E-state index contributed by atoms with van der Waals surface area (Å²) in [6.07, 6.45) is 0.117. The van der Waals surface area contributed by atoms with Gasteiger partial charge in [0.05, 0.1) is 34.0 Å². The number of hydrogen-bond acceptors (Lipinski definition) is 6. The molecule has 31 heavy (non-hydrogen) atoms. The zero-order valence-electron chi connectivity index (χ0n) is 15.8. The van der Waals surface area contributed by atoms with Crippen LogP contribution in [0.4, 0.5) is 30.6 Å². The van der Waals surface area contributed by atoms with E-state index in [1.165, 1.54) is 18.3 Å². The van der Waals surface area contributed by atoms with Crippen LogP contribution in [-0.2, 0) is 6.18 Å². The third kappa shape index (κ3) is 3.27. The Kier molecular flexibility index (Phi) is 4.21. The van der Waals surface area contributed by atoms with E-state index in [4.69, 9.17) is 5.73 Å². The molecule has 10 heteroatoms. The lowest BCUT2D eigenvalue weighted by Gasteiger charge is -2.18. The minimum Gasteiger partial charge on any atom is -0.368 e. The highest BCUT2D eigenvalue weighted by molar-refractivity contribution is 6.09. The zero-order valence-corrected chi connectivity index (χ0v) is 15.8. The molecule has 154 valence electrons. The third-order valence-corrected chi connectivity index (χ3v) is 4.88. The summed E-state index contributed by atoms with van der Waals surface area (Å²) in [7, 11) is 0. The molecule has 0 amide bonds. The molecule has 4 N–H and O–H groups in total. The van der Waals surface area contributed by atoms with E-state index in [0.29, 0.717) is 11.4 Å². The average molecular weight is 421 g/mol. The van der Waals surface area contributed by atoms with Crippen LogP contribution in [0.25, 0.3) is 32.9 Å². The molecule has 0 saturated carbocycles. The van der Waals surface area contributed by atoms with E-state index < -0.39 is 11.7 Å². The van der Waals surface area contributed by atoms with Crippen LogP contribution in [0.5, 0.6) is 0 Å². The molecule has 3 heterocycles. The van der Waals surface area contributed by atoms with Crippen molar-refractivity contribution in [2.24, 2.45) is 0 Å². The summed E-state index contributed by atoms with van der Waals surface area (Å²) < 4.78 is 41.8. The van der Waals surface area contributed by atoms with Crippen molar-refractivity contribution in [3.05, 3.63) is 66.6 Å². The minimum atomic E-state index is -4.61. The summed E-state index contributed by atoms with van der Waals surface area (Å²) in [6, 6.07) is 11.0. The maximum absolute atomic E-state index is 13.9. The highest BCUT2D eigenvalue weighted by Gasteiger charge is 2.35. The number of nitrogen functional groups attached to an aromatic ring is 1. The number of H-pyrrole nitrogens is 1. The van der Waals surface area contributed by atoms with Gasteiger partial charge >= 0.3 is 6.18 Å². The van der Waals surface area contributed by atoms with Crippen LogP contribution < -0.4 is 11.1 Å². The first-order chi connectivity index (χ1) is 14.9. The van der Waals surface area contributed by atoms with Gasteiger partial charge in [0, 0.05) is 29.4 Å². The molecular formula is C21H14F3N7. The average Bonchev–Trinajstić information content (AvgIpc) is 3.25. The number of hydrogen-bond donors (Lipinski definition) is 3. The second kappa shape index (κ2) is 6.94. The molecule has 0 fully saturated rings. The molecule has 3 aromatic heterocycles. The maximum atomic E-state index is 13.9. The fraction of sp³-hybridized carbons (Fsp3) is 0.0476. The quantitative estimate of drug-likeness (QED) is 0.382. The number of pyridine rings is 1. The van der Waals surface area contributed by atoms with Crippen molar-refractivity contribution >= 4 is 39.1 Å². The van der Waals surface area contributed by atoms with E-state index in [1.54, 1.807) is 30.6 Å². The number of anilines is 3. The Hall–Kier alpha value is -4.21. The smallest absolute Gasteiger partial charge is 0.368 e. The summed E-state index contributed by atoms with van der Waals surface area (Å²) in [5.74, 6) is 0.253. The van der Waals surface area contributed by atoms with Gasteiger partial charge in [0.25, 0.3) is 0 Å². The van der Waals surface area contributed by atoms with Gasteiger partial charge in [-0.05, 0) is 23.6 Å². The second-order valence-electron chi connectivity index (χ2n) is 6.81. The van der Waals surface area contributed by atoms with Crippen LogP contribution in [-0.4, -0.2) is 25.1 Å². The molecule has 5 aromatic rings. The molecule has 0 bridgehead atoms. The summed E-state index contributed by atoms with van der Waals surface area (Å²) >= 11 is 0. The van der Waals surface area contributed by atoms with Crippen molar-refractivity contribution in [1.29, 1.82) is 0 Å². The lowest BCUT2D eigenvalue weighted by atomic mass is 9.97. The van der Waals surface area contributed by atoms with Gasteiger partial charge in [-0.2, -0.15) is 18.3 Å². The largest absolute Gasteiger partial charge is 0.418 e. The van der Waals surface area contributed by atoms with E-state index in [9.17, 15) is 13.2 Å². The van der Waals surface area contributed by atoms with E-state index in [0.717, 1.165) is 16.8 Å². The number of aromatic amines is 1. The SMILES string of the molecule is Nc1nc(-c2cccc3cnccc23)c2c(Nc3ccn[nH]3)c(C(F)(F)F)ccc2n1. The van der Waals surface area contributed by atoms with Gasteiger partial charge in [-0.15, -0.1) is 0 Å². The van der Waals surface area contributed by atoms with Crippen LogP contribution in [0.2, 0.25) is 0 Å². The molecule has 2 aromatic carbocycles. The van der Waals surface area contributed by atoms with Gasteiger partial charge in [-0.1, -0.05) is 18.2 Å². The van der Waals surface area contributed by atoms with Gasteiger partial charge in [0.1, 0.15) is 5.82 Å². The molecule has 0 aliphatic carbocycles. The number of fused-ring (bicyclic) bond motifs is 2. The molecule has 0 aliphatic heterocycles. The van der Waals surface area contributed by atoms with Gasteiger partial charge in [-0.3, -0.25) is 10.1 Å². The lowest BCUT2D eigenvalue weighted by molar-refractivity contribution is -0.136. The standard InChI is InChI=1S/C21H14F3N7/c22-21(23,24)14-4-5-15-17(19(14)29-16-7-9-27-31-16)18(30-20(25)28-15)13-3-1-2-11-10-26-8-6-12(11)13/h1-10H,(H2,25,28,30)(H2,27,29,31). The van der Waals surface area contributed by atoms with Crippen LogP contribution in [0.15, 0.2) is 61.1 Å². The third-order valence-electron chi connectivity index (χ3n) is 4.88. The van der Waals surface area contributed by atoms with Crippen LogP contribution in [0, 0.1) is 0 Å². The number of benzene rings is 2. The molecule has 0 spiro atoms. The van der Waals surface area contributed by atoms with Gasteiger partial charge in [0.2, 0.25) is 5.95 Å². The topological polar surface area (TPSA) is 105 Å². The van der Waals surface area contributed by atoms with Crippen molar-refractivity contribution in [1.82, 2.24) is 25.1 Å². The fourth-order valence-electron chi connectivity index (χ4n) is 3.59. The monoisotopic (exact) mass is 421 g/mol. The number of nitrogens with zero attached hydrogens (tertiary/aromatic N) is 4. The first-order valence-corrected chi connectivity index (χ1v) is 9.19. The van der Waals surface area contributed by atoms with Gasteiger partial charge in [-0.25, -0.2) is 9.97 Å². The molecule has 7 nitrogen and oxygen atoms in total. The molecule has 0 unspecified atom stereocenters. The Morgan fingerprint density at radius 2 is 1.84 bits per heavy atom. The van der Waals surface area contributed by atoms with E-state index >= 15 is 0 Å². The summed E-state index contributed by atoms with van der Waals surface area (Å²) in [4.78, 5) is 12.6. The number of rotatable bonds is 3. The normalized spacial score (nSPS) is 11.8. The highest BCUT2D eigenvalue weighted by atomic mass is 19.4. The summed E-state index contributed by atoms with van der Waals surface area (Å²) in [5.41, 5.74) is 6.06. The Balaban J connectivity index is 1.90. The van der Waals surface area contributed by atoms with Crippen LogP contribution >= 0.6 is 0 Å². The van der Waals surface area contributed by atoms with Gasteiger partial charge in [0.15, 0.2) is 0 Å². The Morgan fingerprint density at radius 3 is 2.61 bits per heavy atom. The number of halogens is 3. The first-order valence-electron chi connectivity index (χ1n) is 9.19.